The first-order valence-corrected chi connectivity index (χ1v) is 12.6. The second kappa shape index (κ2) is 8.97. The smallest absolute Gasteiger partial charge is 0.164 e. The largest absolute Gasteiger partial charge is 0.347 e. The third-order valence-corrected chi connectivity index (χ3v) is 7.61. The van der Waals surface area contributed by atoms with Crippen molar-refractivity contribution in [2.75, 3.05) is 32.7 Å². The van der Waals surface area contributed by atoms with Gasteiger partial charge >= 0.3 is 0 Å². The van der Waals surface area contributed by atoms with E-state index in [0.29, 0.717) is 10.8 Å². The van der Waals surface area contributed by atoms with E-state index in [0.717, 1.165) is 41.3 Å². The van der Waals surface area contributed by atoms with Crippen molar-refractivity contribution >= 4 is 0 Å². The molecule has 0 atom stereocenters. The fourth-order valence-corrected chi connectivity index (χ4v) is 6.32. The maximum atomic E-state index is 5.97. The lowest BCUT2D eigenvalue weighted by Crippen LogP contribution is -2.70. The average molecular weight is 460 g/mol. The van der Waals surface area contributed by atoms with E-state index in [1.165, 1.54) is 51.1 Å². The number of aromatic amines is 1. The molecule has 6 nitrogen and oxygen atoms in total. The zero-order valence-corrected chi connectivity index (χ0v) is 21.0. The van der Waals surface area contributed by atoms with Crippen LogP contribution < -0.4 is 0 Å². The van der Waals surface area contributed by atoms with Gasteiger partial charge in [-0.2, -0.15) is 0 Å². The lowest BCUT2D eigenvalue weighted by atomic mass is 9.69. The average Bonchev–Trinajstić information content (AvgIpc) is 3.42. The van der Waals surface area contributed by atoms with Gasteiger partial charge in [0.15, 0.2) is 5.82 Å². The molecule has 180 valence electrons. The molecule has 4 heterocycles. The number of piperidine rings is 1. The van der Waals surface area contributed by atoms with E-state index in [4.69, 9.17) is 11.9 Å². The van der Waals surface area contributed by atoms with Crippen LogP contribution >= 0.6 is 0 Å². The number of benzene rings is 1. The molecule has 0 unspecified atom stereocenters. The lowest BCUT2D eigenvalue weighted by molar-refractivity contribution is -1.01. The molecule has 34 heavy (non-hydrogen) atoms. The number of rotatable bonds is 7. The van der Waals surface area contributed by atoms with Crippen LogP contribution in [-0.4, -0.2) is 61.6 Å². The molecule has 2 fully saturated rings. The van der Waals surface area contributed by atoms with Crippen molar-refractivity contribution in [3.8, 4) is 0 Å². The van der Waals surface area contributed by atoms with Gasteiger partial charge in [0.05, 0.1) is 25.0 Å². The van der Waals surface area contributed by atoms with Crippen molar-refractivity contribution in [2.45, 2.75) is 53.2 Å². The Morgan fingerprint density at radius 3 is 2.41 bits per heavy atom. The third kappa shape index (κ3) is 5.28. The zero-order chi connectivity index (χ0) is 23.8. The van der Waals surface area contributed by atoms with Gasteiger partial charge in [-0.25, -0.2) is 9.97 Å². The van der Waals surface area contributed by atoms with Crippen molar-refractivity contribution in [1.29, 1.82) is 0 Å². The number of aromatic nitrogens is 4. The molecule has 6 heteroatoms. The molecule has 2 aromatic heterocycles. The van der Waals surface area contributed by atoms with Crippen LogP contribution in [-0.2, 0) is 19.6 Å². The normalized spacial score (nSPS) is 19.9. The molecule has 0 amide bonds. The summed E-state index contributed by atoms with van der Waals surface area (Å²) in [6.07, 6.45) is 10.3. The highest BCUT2D eigenvalue weighted by Gasteiger charge is 2.56. The van der Waals surface area contributed by atoms with E-state index >= 15 is 0 Å². The standard InChI is InChI=1S/C28H39N6/c1-23-5-7-24(8-6-23)18-34(19-26-31-13-16-33(26)17-25-29-11-12-30-25)21-28(22-34)9-14-32(15-10-28)20-27(2,3)4/h1,5-8,11-13,16H,9-10,14-15,17-22H2,2-4H3,(H,29,30)/q+1. The number of imidazole rings is 2. The summed E-state index contributed by atoms with van der Waals surface area (Å²) in [6, 6.07) is 8.46. The van der Waals surface area contributed by atoms with Crippen LogP contribution in [0.25, 0.3) is 0 Å². The third-order valence-electron chi connectivity index (χ3n) is 7.61. The Kier molecular flexibility index (Phi) is 6.15. The van der Waals surface area contributed by atoms with Crippen molar-refractivity contribution < 1.29 is 4.48 Å². The van der Waals surface area contributed by atoms with Gasteiger partial charge in [-0.15, -0.1) is 0 Å². The number of likely N-dealkylation sites (tertiary alicyclic amines) is 2. The number of H-pyrrole nitrogens is 1. The van der Waals surface area contributed by atoms with Crippen molar-refractivity contribution in [2.24, 2.45) is 10.8 Å². The van der Waals surface area contributed by atoms with Gasteiger partial charge in [-0.3, -0.25) is 0 Å². The summed E-state index contributed by atoms with van der Waals surface area (Å²) in [5.74, 6) is 2.11. The number of nitrogens with one attached hydrogen (secondary N) is 1. The maximum Gasteiger partial charge on any atom is 0.164 e. The highest BCUT2D eigenvalue weighted by Crippen LogP contribution is 2.47. The van der Waals surface area contributed by atoms with Crippen LogP contribution in [0.3, 0.4) is 0 Å². The summed E-state index contributed by atoms with van der Waals surface area (Å²) in [4.78, 5) is 15.1. The van der Waals surface area contributed by atoms with E-state index in [-0.39, 0.29) is 0 Å². The van der Waals surface area contributed by atoms with Gasteiger partial charge in [0.2, 0.25) is 0 Å². The predicted molar refractivity (Wildman–Crippen MR) is 135 cm³/mol. The second-order valence-electron chi connectivity index (χ2n) is 12.1. The summed E-state index contributed by atoms with van der Waals surface area (Å²) in [6.45, 7) is 21.8. The van der Waals surface area contributed by atoms with E-state index in [2.05, 4.69) is 58.5 Å². The Morgan fingerprint density at radius 2 is 1.76 bits per heavy atom. The molecule has 2 aliphatic rings. The fourth-order valence-electron chi connectivity index (χ4n) is 6.32. The molecule has 2 aliphatic heterocycles. The molecule has 3 aromatic rings. The van der Waals surface area contributed by atoms with Crippen LogP contribution in [0, 0.1) is 17.8 Å². The lowest BCUT2D eigenvalue weighted by Gasteiger charge is -2.60. The molecule has 0 saturated carbocycles. The zero-order valence-electron chi connectivity index (χ0n) is 21.0. The molecule has 1 spiro atoms. The number of quaternary nitrogens is 1. The summed E-state index contributed by atoms with van der Waals surface area (Å²) in [5, 5.41) is 0. The van der Waals surface area contributed by atoms with E-state index < -0.39 is 0 Å². The second-order valence-corrected chi connectivity index (χ2v) is 12.1. The first-order chi connectivity index (χ1) is 16.2. The molecule has 2 radical (unpaired) electrons. The van der Waals surface area contributed by atoms with E-state index in [1.807, 2.05) is 30.7 Å². The van der Waals surface area contributed by atoms with Gasteiger partial charge in [0.25, 0.3) is 0 Å². The molecule has 0 bridgehead atoms. The van der Waals surface area contributed by atoms with Gasteiger partial charge < -0.3 is 18.9 Å². The molecular weight excluding hydrogens is 420 g/mol. The number of nitrogens with zero attached hydrogens (tertiary/aromatic N) is 5. The Bertz CT molecular complexity index is 1060. The van der Waals surface area contributed by atoms with Crippen molar-refractivity contribution in [1.82, 2.24) is 24.4 Å². The van der Waals surface area contributed by atoms with E-state index in [1.54, 1.807) is 0 Å². The van der Waals surface area contributed by atoms with Gasteiger partial charge in [0, 0.05) is 36.9 Å². The molecule has 1 aromatic carbocycles. The van der Waals surface area contributed by atoms with E-state index in [9.17, 15) is 0 Å². The number of hydrogen-bond acceptors (Lipinski definition) is 3. The Hall–Kier alpha value is -2.44. The predicted octanol–water partition coefficient (Wildman–Crippen LogP) is 4.37. The van der Waals surface area contributed by atoms with Crippen LogP contribution in [0.15, 0.2) is 49.1 Å². The first kappa shape index (κ1) is 23.3. The Balaban J connectivity index is 1.32. The number of hydrogen-bond donors (Lipinski definition) is 1. The van der Waals surface area contributed by atoms with Gasteiger partial charge in [-0.1, -0.05) is 45.0 Å². The SMILES string of the molecule is [CH]c1ccc(C[N+]2(Cc3nccn3Cc3ncc[nH]3)CC3(CCN(CC(C)(C)C)CC3)C2)cc1. The first-order valence-electron chi connectivity index (χ1n) is 12.6. The molecule has 1 N–H and O–H groups in total. The highest BCUT2D eigenvalue weighted by atomic mass is 15.4. The quantitative estimate of drug-likeness (QED) is 0.534. The summed E-state index contributed by atoms with van der Waals surface area (Å²) in [7, 11) is 0. The van der Waals surface area contributed by atoms with Crippen molar-refractivity contribution in [3.05, 3.63) is 78.8 Å². The van der Waals surface area contributed by atoms with Gasteiger partial charge in [0.1, 0.15) is 18.9 Å². The summed E-state index contributed by atoms with van der Waals surface area (Å²) >= 11 is 0. The monoisotopic (exact) mass is 459 g/mol. The Morgan fingerprint density at radius 1 is 1.03 bits per heavy atom. The van der Waals surface area contributed by atoms with Crippen LogP contribution in [0.4, 0.5) is 0 Å². The summed E-state index contributed by atoms with van der Waals surface area (Å²) < 4.78 is 3.32. The molecular formula is C28H39N6+. The summed E-state index contributed by atoms with van der Waals surface area (Å²) in [5.41, 5.74) is 3.03. The maximum absolute atomic E-state index is 5.97. The fraction of sp³-hybridized carbons (Fsp3) is 0.536. The highest BCUT2D eigenvalue weighted by molar-refractivity contribution is 5.24. The van der Waals surface area contributed by atoms with Crippen LogP contribution in [0.1, 0.15) is 56.4 Å². The van der Waals surface area contributed by atoms with Gasteiger partial charge in [-0.05, 0) is 43.8 Å². The minimum Gasteiger partial charge on any atom is -0.347 e. The minimum atomic E-state index is 0.365. The molecule has 0 aliphatic carbocycles. The molecule has 5 rings (SSSR count). The molecule has 2 saturated heterocycles. The van der Waals surface area contributed by atoms with Crippen LogP contribution in [0.2, 0.25) is 0 Å². The minimum absolute atomic E-state index is 0.365. The topological polar surface area (TPSA) is 49.7 Å². The van der Waals surface area contributed by atoms with Crippen LogP contribution in [0.5, 0.6) is 0 Å². The Labute approximate surface area is 204 Å². The van der Waals surface area contributed by atoms with Crippen molar-refractivity contribution in [3.63, 3.8) is 0 Å².